The Labute approximate surface area is 129 Å². The molecular formula is C15H13N4O4+. The largest absolute Gasteiger partial charge is 0.415 e. The summed E-state index contributed by atoms with van der Waals surface area (Å²) in [5.74, 6) is 0. The van der Waals surface area contributed by atoms with Crippen molar-refractivity contribution in [2.24, 2.45) is 0 Å². The van der Waals surface area contributed by atoms with Crippen molar-refractivity contribution >= 4 is 16.7 Å². The van der Waals surface area contributed by atoms with Gasteiger partial charge in [-0.05, 0) is 18.6 Å². The van der Waals surface area contributed by atoms with Gasteiger partial charge in [0.1, 0.15) is 5.39 Å². The molecular weight excluding hydrogens is 300 g/mol. The lowest BCUT2D eigenvalue weighted by atomic mass is 10.0. The SMILES string of the molecule is CCn1c(=O)[nH]c(=O)c2c(-c3cccc([N+](=O)[O-])c3)cc[nH+]c21. The van der Waals surface area contributed by atoms with Crippen molar-refractivity contribution in [1.29, 1.82) is 0 Å². The third-order valence-electron chi connectivity index (χ3n) is 3.62. The van der Waals surface area contributed by atoms with Crippen molar-refractivity contribution in [3.63, 3.8) is 0 Å². The molecule has 3 aromatic rings. The van der Waals surface area contributed by atoms with Crippen LogP contribution in [0.3, 0.4) is 0 Å². The molecule has 0 aliphatic rings. The first-order chi connectivity index (χ1) is 11.0. The molecule has 8 nitrogen and oxygen atoms in total. The molecule has 0 saturated heterocycles. The fourth-order valence-corrected chi connectivity index (χ4v) is 2.59. The summed E-state index contributed by atoms with van der Waals surface area (Å²) in [4.78, 5) is 39.8. The fraction of sp³-hybridized carbons (Fsp3) is 0.133. The average Bonchev–Trinajstić information content (AvgIpc) is 2.54. The highest BCUT2D eigenvalue weighted by atomic mass is 16.6. The number of nitrogens with one attached hydrogen (secondary N) is 2. The Bertz CT molecular complexity index is 1040. The standard InChI is InChI=1S/C15H12N4O4/c1-2-18-13-12(14(20)17-15(18)21)11(6-7-16-13)9-4-3-5-10(8-9)19(22)23/h3-8H,2H2,1H3,(H,17,20,21)/p+1. The molecule has 0 atom stereocenters. The molecule has 0 amide bonds. The van der Waals surface area contributed by atoms with Gasteiger partial charge in [-0.3, -0.25) is 19.9 Å². The molecule has 0 saturated carbocycles. The van der Waals surface area contributed by atoms with Crippen LogP contribution in [0.25, 0.3) is 22.2 Å². The Hall–Kier alpha value is -3.29. The third kappa shape index (κ3) is 2.39. The number of fused-ring (bicyclic) bond motifs is 1. The van der Waals surface area contributed by atoms with Crippen molar-refractivity contribution in [3.8, 4) is 11.1 Å². The van der Waals surface area contributed by atoms with E-state index < -0.39 is 16.2 Å². The normalized spacial score (nSPS) is 10.8. The van der Waals surface area contributed by atoms with E-state index in [4.69, 9.17) is 0 Å². The highest BCUT2D eigenvalue weighted by Crippen LogP contribution is 2.26. The van der Waals surface area contributed by atoms with E-state index in [1.807, 2.05) is 0 Å². The molecule has 2 aromatic heterocycles. The minimum Gasteiger partial charge on any atom is -0.268 e. The Morgan fingerprint density at radius 3 is 2.78 bits per heavy atom. The second-order valence-electron chi connectivity index (χ2n) is 4.93. The first-order valence-electron chi connectivity index (χ1n) is 6.95. The van der Waals surface area contributed by atoms with E-state index in [0.717, 1.165) is 0 Å². The number of nitrogens with zero attached hydrogens (tertiary/aromatic N) is 2. The van der Waals surface area contributed by atoms with Crippen molar-refractivity contribution in [2.45, 2.75) is 13.5 Å². The lowest BCUT2D eigenvalue weighted by molar-refractivity contribution is -0.384. The molecule has 0 aliphatic heterocycles. The van der Waals surface area contributed by atoms with Crippen LogP contribution in [0.15, 0.2) is 46.1 Å². The predicted octanol–water partition coefficient (Wildman–Crippen LogP) is 1.10. The van der Waals surface area contributed by atoms with Crippen molar-refractivity contribution in [1.82, 2.24) is 9.55 Å². The Balaban J connectivity index is 2.40. The predicted molar refractivity (Wildman–Crippen MR) is 83.1 cm³/mol. The molecule has 1 aromatic carbocycles. The van der Waals surface area contributed by atoms with Crippen molar-refractivity contribution in [2.75, 3.05) is 0 Å². The summed E-state index contributed by atoms with van der Waals surface area (Å²) in [5, 5.41) is 11.2. The first-order valence-corrected chi connectivity index (χ1v) is 6.95. The van der Waals surface area contributed by atoms with E-state index in [9.17, 15) is 19.7 Å². The maximum atomic E-state index is 12.3. The molecule has 3 rings (SSSR count). The number of aromatic amines is 2. The quantitative estimate of drug-likeness (QED) is 0.576. The van der Waals surface area contributed by atoms with Gasteiger partial charge in [0.25, 0.3) is 16.9 Å². The zero-order chi connectivity index (χ0) is 16.6. The molecule has 23 heavy (non-hydrogen) atoms. The number of H-pyrrole nitrogens is 2. The van der Waals surface area contributed by atoms with Gasteiger partial charge in [0.15, 0.2) is 0 Å². The summed E-state index contributed by atoms with van der Waals surface area (Å²) in [5.41, 5.74) is 0.329. The first kappa shape index (κ1) is 14.6. The number of hydrogen-bond acceptors (Lipinski definition) is 4. The van der Waals surface area contributed by atoms with Crippen LogP contribution in [-0.4, -0.2) is 14.5 Å². The molecule has 2 heterocycles. The lowest BCUT2D eigenvalue weighted by Gasteiger charge is -2.05. The van der Waals surface area contributed by atoms with E-state index in [-0.39, 0.29) is 11.1 Å². The van der Waals surface area contributed by atoms with Crippen LogP contribution >= 0.6 is 0 Å². The second kappa shape index (κ2) is 5.48. The molecule has 0 radical (unpaired) electrons. The highest BCUT2D eigenvalue weighted by Gasteiger charge is 2.19. The van der Waals surface area contributed by atoms with Gasteiger partial charge < -0.3 is 0 Å². The molecule has 0 spiro atoms. The molecule has 0 unspecified atom stereocenters. The molecule has 116 valence electrons. The summed E-state index contributed by atoms with van der Waals surface area (Å²) in [6.45, 7) is 2.16. The number of pyridine rings is 1. The summed E-state index contributed by atoms with van der Waals surface area (Å²) >= 11 is 0. The number of hydrogen-bond donors (Lipinski definition) is 1. The zero-order valence-corrected chi connectivity index (χ0v) is 12.2. The van der Waals surface area contributed by atoms with Gasteiger partial charge in [0.2, 0.25) is 0 Å². The maximum absolute atomic E-state index is 12.3. The number of nitro groups is 1. The molecule has 2 N–H and O–H groups in total. The summed E-state index contributed by atoms with van der Waals surface area (Å²) in [6, 6.07) is 7.67. The minimum atomic E-state index is -0.534. The van der Waals surface area contributed by atoms with Crippen LogP contribution < -0.4 is 16.2 Å². The summed E-state index contributed by atoms with van der Waals surface area (Å²) in [7, 11) is 0. The Morgan fingerprint density at radius 2 is 2.09 bits per heavy atom. The number of aryl methyl sites for hydroxylation is 1. The van der Waals surface area contributed by atoms with E-state index in [0.29, 0.717) is 23.3 Å². The van der Waals surface area contributed by atoms with E-state index in [1.54, 1.807) is 31.3 Å². The molecule has 8 heteroatoms. The fourth-order valence-electron chi connectivity index (χ4n) is 2.59. The van der Waals surface area contributed by atoms with Crippen LogP contribution in [0.2, 0.25) is 0 Å². The van der Waals surface area contributed by atoms with Gasteiger partial charge in [-0.1, -0.05) is 12.1 Å². The van der Waals surface area contributed by atoms with Gasteiger partial charge in [0.05, 0.1) is 17.7 Å². The van der Waals surface area contributed by atoms with Gasteiger partial charge in [-0.2, -0.15) is 4.57 Å². The minimum absolute atomic E-state index is 0.0660. The Kier molecular flexibility index (Phi) is 3.49. The molecule has 0 fully saturated rings. The van der Waals surface area contributed by atoms with Crippen molar-refractivity contribution < 1.29 is 9.91 Å². The van der Waals surface area contributed by atoms with E-state index in [1.165, 1.54) is 16.7 Å². The van der Waals surface area contributed by atoms with Gasteiger partial charge in [-0.25, -0.2) is 9.78 Å². The van der Waals surface area contributed by atoms with Gasteiger partial charge in [-0.15, -0.1) is 0 Å². The second-order valence-corrected chi connectivity index (χ2v) is 4.93. The zero-order valence-electron chi connectivity index (χ0n) is 12.2. The Morgan fingerprint density at radius 1 is 1.30 bits per heavy atom. The number of non-ortho nitro benzene ring substituents is 1. The monoisotopic (exact) mass is 313 g/mol. The average molecular weight is 313 g/mol. The lowest BCUT2D eigenvalue weighted by Crippen LogP contribution is -2.33. The summed E-state index contributed by atoms with van der Waals surface area (Å²) in [6.07, 6.45) is 1.60. The van der Waals surface area contributed by atoms with Crippen LogP contribution in [-0.2, 0) is 6.54 Å². The van der Waals surface area contributed by atoms with Crippen LogP contribution in [0, 0.1) is 10.1 Å². The van der Waals surface area contributed by atoms with E-state index >= 15 is 0 Å². The number of aromatic nitrogens is 3. The van der Waals surface area contributed by atoms with Gasteiger partial charge >= 0.3 is 5.69 Å². The van der Waals surface area contributed by atoms with E-state index in [2.05, 4.69) is 9.97 Å². The van der Waals surface area contributed by atoms with Crippen molar-refractivity contribution in [3.05, 3.63) is 67.5 Å². The van der Waals surface area contributed by atoms with Gasteiger partial charge in [0, 0.05) is 17.7 Å². The smallest absolute Gasteiger partial charge is 0.268 e. The number of benzene rings is 1. The maximum Gasteiger partial charge on any atom is 0.415 e. The topological polar surface area (TPSA) is 112 Å². The highest BCUT2D eigenvalue weighted by molar-refractivity contribution is 5.90. The van der Waals surface area contributed by atoms with Crippen LogP contribution in [0.1, 0.15) is 6.92 Å². The summed E-state index contributed by atoms with van der Waals surface area (Å²) < 4.78 is 1.40. The number of nitro benzene ring substituents is 1. The van der Waals surface area contributed by atoms with Crippen LogP contribution in [0.4, 0.5) is 5.69 Å². The molecule has 0 aliphatic carbocycles. The number of rotatable bonds is 3. The third-order valence-corrected chi connectivity index (χ3v) is 3.62. The molecule has 0 bridgehead atoms. The van der Waals surface area contributed by atoms with Crippen LogP contribution in [0.5, 0.6) is 0 Å².